The Morgan fingerprint density at radius 2 is 2.15 bits per heavy atom. The Bertz CT molecular complexity index is 744. The number of amides is 1. The van der Waals surface area contributed by atoms with Gasteiger partial charge in [0.1, 0.15) is 17.7 Å². The lowest BCUT2D eigenvalue weighted by Gasteiger charge is -2.32. The highest BCUT2D eigenvalue weighted by atomic mass is 32.2. The number of hydrogen-bond acceptors (Lipinski definition) is 7. The first-order valence-corrected chi connectivity index (χ1v) is 9.26. The molecule has 1 atom stereocenters. The van der Waals surface area contributed by atoms with Gasteiger partial charge in [-0.2, -0.15) is 0 Å². The molecule has 1 unspecified atom stereocenters. The van der Waals surface area contributed by atoms with Crippen molar-refractivity contribution in [2.24, 2.45) is 0 Å². The normalized spacial score (nSPS) is 16.9. The second kappa shape index (κ2) is 9.30. The number of thioether (sulfide) groups is 1. The second-order valence-corrected chi connectivity index (χ2v) is 6.55. The number of aromatic nitrogens is 3. The fourth-order valence-electron chi connectivity index (χ4n) is 2.51. The van der Waals surface area contributed by atoms with Gasteiger partial charge in [-0.05, 0) is 18.2 Å². The van der Waals surface area contributed by atoms with Crippen LogP contribution in [0.3, 0.4) is 0 Å². The van der Waals surface area contributed by atoms with Crippen LogP contribution in [0.1, 0.15) is 10.4 Å². The Labute approximate surface area is 156 Å². The summed E-state index contributed by atoms with van der Waals surface area (Å²) >= 11 is 1.50. The number of morpholine rings is 1. The van der Waals surface area contributed by atoms with Gasteiger partial charge in [0.25, 0.3) is 5.91 Å². The summed E-state index contributed by atoms with van der Waals surface area (Å²) in [4.78, 5) is 27.1. The molecule has 0 aliphatic carbocycles. The van der Waals surface area contributed by atoms with Crippen molar-refractivity contribution >= 4 is 17.7 Å². The average Bonchev–Trinajstić information content (AvgIpc) is 2.71. The maximum absolute atomic E-state index is 12.9. The maximum Gasteiger partial charge on any atom is 0.316 e. The summed E-state index contributed by atoms with van der Waals surface area (Å²) in [6, 6.07) is 5.61. The molecule has 0 spiro atoms. The van der Waals surface area contributed by atoms with E-state index in [2.05, 4.69) is 21.5 Å². The Balaban J connectivity index is 1.62. The molecule has 0 aromatic carbocycles. The largest absolute Gasteiger partial charge is 0.461 e. The molecule has 26 heavy (non-hydrogen) atoms. The molecule has 1 fully saturated rings. The first kappa shape index (κ1) is 18.3. The molecule has 2 aromatic rings. The third-order valence-electron chi connectivity index (χ3n) is 3.71. The molecular weight excluding hydrogens is 352 g/mol. The monoisotopic (exact) mass is 372 g/mol. The highest BCUT2D eigenvalue weighted by Gasteiger charge is 2.27. The van der Waals surface area contributed by atoms with Crippen molar-refractivity contribution in [2.45, 2.75) is 11.1 Å². The van der Waals surface area contributed by atoms with Crippen LogP contribution in [0.2, 0.25) is 0 Å². The Kier molecular flexibility index (Phi) is 6.56. The molecule has 3 rings (SSSR count). The van der Waals surface area contributed by atoms with Crippen molar-refractivity contribution < 1.29 is 14.3 Å². The van der Waals surface area contributed by atoms with E-state index in [0.29, 0.717) is 43.6 Å². The van der Waals surface area contributed by atoms with Crippen LogP contribution in [0.4, 0.5) is 0 Å². The predicted octanol–water partition coefficient (Wildman–Crippen LogP) is 2.07. The predicted molar refractivity (Wildman–Crippen MR) is 98.3 cm³/mol. The Hall–Kier alpha value is -2.45. The van der Waals surface area contributed by atoms with Gasteiger partial charge in [-0.1, -0.05) is 6.08 Å². The fraction of sp³-hybridized carbons (Fsp3) is 0.333. The first-order chi connectivity index (χ1) is 12.8. The third-order valence-corrected chi connectivity index (χ3v) is 4.71. The van der Waals surface area contributed by atoms with Crippen molar-refractivity contribution in [3.8, 4) is 6.01 Å². The SMILES string of the molecule is C=CCSc1ncccc1C(=O)N1CCOC(COc2ncccn2)C1. The van der Waals surface area contributed by atoms with Crippen LogP contribution in [0.25, 0.3) is 0 Å². The van der Waals surface area contributed by atoms with E-state index in [9.17, 15) is 4.79 Å². The zero-order valence-electron chi connectivity index (χ0n) is 14.3. The number of rotatable bonds is 7. The van der Waals surface area contributed by atoms with Crippen LogP contribution in [0.5, 0.6) is 6.01 Å². The first-order valence-electron chi connectivity index (χ1n) is 8.27. The van der Waals surface area contributed by atoms with Crippen molar-refractivity contribution in [1.82, 2.24) is 19.9 Å². The molecule has 1 aliphatic rings. The van der Waals surface area contributed by atoms with Crippen molar-refractivity contribution in [2.75, 3.05) is 32.1 Å². The van der Waals surface area contributed by atoms with Crippen molar-refractivity contribution in [3.63, 3.8) is 0 Å². The van der Waals surface area contributed by atoms with Crippen LogP contribution in [-0.4, -0.2) is 63.9 Å². The minimum atomic E-state index is -0.225. The van der Waals surface area contributed by atoms with E-state index in [0.717, 1.165) is 5.03 Å². The van der Waals surface area contributed by atoms with E-state index in [1.165, 1.54) is 11.8 Å². The summed E-state index contributed by atoms with van der Waals surface area (Å²) in [7, 11) is 0. The molecular formula is C18H20N4O3S. The quantitative estimate of drug-likeness (QED) is 0.544. The van der Waals surface area contributed by atoms with Gasteiger partial charge in [0, 0.05) is 30.9 Å². The summed E-state index contributed by atoms with van der Waals surface area (Å²) in [5.41, 5.74) is 0.604. The van der Waals surface area contributed by atoms with Crippen LogP contribution >= 0.6 is 11.8 Å². The van der Waals surface area contributed by atoms with E-state index >= 15 is 0 Å². The molecule has 0 saturated carbocycles. The molecule has 136 valence electrons. The topological polar surface area (TPSA) is 77.4 Å². The van der Waals surface area contributed by atoms with Crippen LogP contribution < -0.4 is 4.74 Å². The van der Waals surface area contributed by atoms with Crippen molar-refractivity contribution in [1.29, 1.82) is 0 Å². The number of carbonyl (C=O) groups is 1. The highest BCUT2D eigenvalue weighted by Crippen LogP contribution is 2.22. The van der Waals surface area contributed by atoms with Crippen LogP contribution in [0.15, 0.2) is 54.5 Å². The second-order valence-electron chi connectivity index (χ2n) is 5.54. The lowest BCUT2D eigenvalue weighted by Crippen LogP contribution is -2.47. The number of pyridine rings is 1. The lowest BCUT2D eigenvalue weighted by atomic mass is 10.2. The summed E-state index contributed by atoms with van der Waals surface area (Å²) in [6.07, 6.45) is 6.49. The molecule has 0 N–H and O–H groups in total. The van der Waals surface area contributed by atoms with E-state index in [-0.39, 0.29) is 12.0 Å². The van der Waals surface area contributed by atoms with Crippen LogP contribution in [0, 0.1) is 0 Å². The summed E-state index contributed by atoms with van der Waals surface area (Å²) in [5.74, 6) is 0.655. The van der Waals surface area contributed by atoms with E-state index in [1.54, 1.807) is 47.8 Å². The number of nitrogens with zero attached hydrogens (tertiary/aromatic N) is 4. The molecule has 3 heterocycles. The zero-order chi connectivity index (χ0) is 18.2. The standard InChI is InChI=1S/C18H20N4O3S/c1-2-11-26-16-15(5-3-6-19-16)17(23)22-9-10-24-14(12-22)13-25-18-20-7-4-8-21-18/h2-8,14H,1,9-13H2. The van der Waals surface area contributed by atoms with E-state index in [4.69, 9.17) is 9.47 Å². The summed E-state index contributed by atoms with van der Waals surface area (Å²) < 4.78 is 11.2. The van der Waals surface area contributed by atoms with Gasteiger partial charge in [-0.25, -0.2) is 15.0 Å². The van der Waals surface area contributed by atoms with Gasteiger partial charge in [-0.3, -0.25) is 4.79 Å². The number of ether oxygens (including phenoxy) is 2. The Morgan fingerprint density at radius 3 is 2.96 bits per heavy atom. The average molecular weight is 372 g/mol. The smallest absolute Gasteiger partial charge is 0.316 e. The lowest BCUT2D eigenvalue weighted by molar-refractivity contribution is -0.0414. The minimum absolute atomic E-state index is 0.0473. The molecule has 2 aromatic heterocycles. The van der Waals surface area contributed by atoms with Gasteiger partial charge in [0.2, 0.25) is 0 Å². The van der Waals surface area contributed by atoms with Crippen molar-refractivity contribution in [3.05, 3.63) is 55.0 Å². The van der Waals surface area contributed by atoms with Crippen LogP contribution in [-0.2, 0) is 4.74 Å². The highest BCUT2D eigenvalue weighted by molar-refractivity contribution is 7.99. The molecule has 0 radical (unpaired) electrons. The van der Waals surface area contributed by atoms with E-state index < -0.39 is 0 Å². The number of carbonyl (C=O) groups excluding carboxylic acids is 1. The van der Waals surface area contributed by atoms with Gasteiger partial charge in [0.15, 0.2) is 0 Å². The fourth-order valence-corrected chi connectivity index (χ4v) is 3.23. The summed E-state index contributed by atoms with van der Waals surface area (Å²) in [5, 5.41) is 0.717. The van der Waals surface area contributed by atoms with E-state index in [1.807, 2.05) is 0 Å². The van der Waals surface area contributed by atoms with Gasteiger partial charge >= 0.3 is 6.01 Å². The third kappa shape index (κ3) is 4.80. The van der Waals surface area contributed by atoms with Gasteiger partial charge < -0.3 is 14.4 Å². The molecule has 1 saturated heterocycles. The van der Waals surface area contributed by atoms with Gasteiger partial charge in [-0.15, -0.1) is 18.3 Å². The van der Waals surface area contributed by atoms with Gasteiger partial charge in [0.05, 0.1) is 18.7 Å². The maximum atomic E-state index is 12.9. The number of hydrogen-bond donors (Lipinski definition) is 0. The molecule has 1 amide bonds. The zero-order valence-corrected chi connectivity index (χ0v) is 15.1. The molecule has 0 bridgehead atoms. The summed E-state index contributed by atoms with van der Waals surface area (Å²) in [6.45, 7) is 5.45. The molecule has 1 aliphatic heterocycles. The minimum Gasteiger partial charge on any atom is -0.461 e. The molecule has 8 heteroatoms. The Morgan fingerprint density at radius 1 is 1.35 bits per heavy atom. The molecule has 7 nitrogen and oxygen atoms in total.